The van der Waals surface area contributed by atoms with Gasteiger partial charge in [0.25, 0.3) is 5.91 Å². The number of ether oxygens (including phenoxy) is 1. The number of rotatable bonds is 4. The SMILES string of the molecule is Cc1nc(OCC(=O)N(C)c2ccc(F)cc2)c(C#N)c(C)c1Cl. The third-order valence-electron chi connectivity index (χ3n) is 3.54. The summed E-state index contributed by atoms with van der Waals surface area (Å²) in [5, 5.41) is 9.63. The standard InChI is InChI=1S/C17H15ClFN3O2/c1-10-14(8-20)17(21-11(2)16(10)18)24-9-15(23)22(3)13-6-4-12(19)5-7-13/h4-7H,9H2,1-3H3. The zero-order valence-corrected chi connectivity index (χ0v) is 14.2. The monoisotopic (exact) mass is 347 g/mol. The predicted molar refractivity (Wildman–Crippen MR) is 88.7 cm³/mol. The number of anilines is 1. The number of hydrogen-bond donors (Lipinski definition) is 0. The van der Waals surface area contributed by atoms with Crippen LogP contribution in [0.3, 0.4) is 0 Å². The number of aryl methyl sites for hydroxylation is 1. The van der Waals surface area contributed by atoms with E-state index in [1.807, 2.05) is 6.07 Å². The van der Waals surface area contributed by atoms with Crippen LogP contribution in [0.4, 0.5) is 10.1 Å². The second-order valence-corrected chi connectivity index (χ2v) is 5.52. The highest BCUT2D eigenvalue weighted by Gasteiger charge is 2.17. The first kappa shape index (κ1) is 17.7. The normalized spacial score (nSPS) is 10.2. The van der Waals surface area contributed by atoms with Crippen LogP contribution in [0.15, 0.2) is 24.3 Å². The Balaban J connectivity index is 2.15. The number of nitrogens with zero attached hydrogens (tertiary/aromatic N) is 3. The minimum atomic E-state index is -0.383. The van der Waals surface area contributed by atoms with Gasteiger partial charge in [-0.1, -0.05) is 11.6 Å². The van der Waals surface area contributed by atoms with Crippen LogP contribution in [0.25, 0.3) is 0 Å². The number of aromatic nitrogens is 1. The van der Waals surface area contributed by atoms with Crippen molar-refractivity contribution in [2.24, 2.45) is 0 Å². The number of halogens is 2. The zero-order chi connectivity index (χ0) is 17.9. The average Bonchev–Trinajstić information content (AvgIpc) is 2.57. The molecule has 0 N–H and O–H groups in total. The maximum atomic E-state index is 12.9. The van der Waals surface area contributed by atoms with Crippen molar-refractivity contribution in [1.82, 2.24) is 4.98 Å². The maximum Gasteiger partial charge on any atom is 0.264 e. The van der Waals surface area contributed by atoms with Crippen molar-refractivity contribution in [3.8, 4) is 11.9 Å². The summed E-state index contributed by atoms with van der Waals surface area (Å²) in [6.07, 6.45) is 0. The molecule has 1 amide bonds. The molecule has 0 spiro atoms. The Morgan fingerprint density at radius 1 is 1.38 bits per heavy atom. The van der Waals surface area contributed by atoms with Crippen LogP contribution in [-0.4, -0.2) is 24.5 Å². The van der Waals surface area contributed by atoms with Crippen molar-refractivity contribution in [1.29, 1.82) is 5.26 Å². The summed E-state index contributed by atoms with van der Waals surface area (Å²) in [6, 6.07) is 7.49. The van der Waals surface area contributed by atoms with E-state index in [2.05, 4.69) is 4.98 Å². The molecule has 0 radical (unpaired) electrons. The molecule has 0 saturated carbocycles. The van der Waals surface area contributed by atoms with E-state index in [1.54, 1.807) is 20.9 Å². The van der Waals surface area contributed by atoms with E-state index < -0.39 is 0 Å². The Hall–Kier alpha value is -2.65. The van der Waals surface area contributed by atoms with E-state index >= 15 is 0 Å². The minimum absolute atomic E-state index is 0.0674. The molecule has 124 valence electrons. The summed E-state index contributed by atoms with van der Waals surface area (Å²) in [5.74, 6) is -0.680. The first-order valence-corrected chi connectivity index (χ1v) is 7.44. The molecule has 0 saturated heterocycles. The van der Waals surface area contributed by atoms with Gasteiger partial charge in [-0.2, -0.15) is 5.26 Å². The molecule has 0 aliphatic carbocycles. The van der Waals surface area contributed by atoms with Gasteiger partial charge in [0.2, 0.25) is 5.88 Å². The Morgan fingerprint density at radius 3 is 2.58 bits per heavy atom. The second kappa shape index (κ2) is 7.28. The fourth-order valence-corrected chi connectivity index (χ4v) is 2.21. The summed E-state index contributed by atoms with van der Waals surface area (Å²) >= 11 is 6.06. The molecule has 1 aromatic carbocycles. The third kappa shape index (κ3) is 3.63. The molecule has 1 heterocycles. The van der Waals surface area contributed by atoms with Gasteiger partial charge in [-0.05, 0) is 43.7 Å². The van der Waals surface area contributed by atoms with Crippen molar-refractivity contribution in [3.05, 3.63) is 51.9 Å². The first-order valence-electron chi connectivity index (χ1n) is 7.07. The van der Waals surface area contributed by atoms with Crippen molar-refractivity contribution < 1.29 is 13.9 Å². The van der Waals surface area contributed by atoms with E-state index in [-0.39, 0.29) is 29.8 Å². The van der Waals surface area contributed by atoms with E-state index in [0.29, 0.717) is 22.0 Å². The fraction of sp³-hybridized carbons (Fsp3) is 0.235. The third-order valence-corrected chi connectivity index (χ3v) is 4.09. The smallest absolute Gasteiger partial charge is 0.264 e. The fourth-order valence-electron chi connectivity index (χ4n) is 2.07. The van der Waals surface area contributed by atoms with Crippen LogP contribution in [0.2, 0.25) is 5.02 Å². The Labute approximate surface area is 144 Å². The number of benzene rings is 1. The number of carbonyl (C=O) groups is 1. The van der Waals surface area contributed by atoms with E-state index in [0.717, 1.165) is 0 Å². The second-order valence-electron chi connectivity index (χ2n) is 5.15. The van der Waals surface area contributed by atoms with Crippen molar-refractivity contribution in [3.63, 3.8) is 0 Å². The number of likely N-dealkylation sites (N-methyl/N-ethyl adjacent to an activating group) is 1. The molecule has 0 fully saturated rings. The van der Waals surface area contributed by atoms with Crippen LogP contribution in [0.1, 0.15) is 16.8 Å². The molecule has 2 aromatic rings. The van der Waals surface area contributed by atoms with Gasteiger partial charge in [0.05, 0.1) is 10.7 Å². The van der Waals surface area contributed by atoms with Crippen LogP contribution in [-0.2, 0) is 4.79 Å². The molecule has 0 aliphatic rings. The highest BCUT2D eigenvalue weighted by atomic mass is 35.5. The van der Waals surface area contributed by atoms with Gasteiger partial charge < -0.3 is 9.64 Å². The molecule has 24 heavy (non-hydrogen) atoms. The topological polar surface area (TPSA) is 66.2 Å². The Bertz CT molecular complexity index is 816. The summed E-state index contributed by atoms with van der Waals surface area (Å²) in [4.78, 5) is 17.7. The van der Waals surface area contributed by atoms with Gasteiger partial charge in [-0.25, -0.2) is 9.37 Å². The Morgan fingerprint density at radius 2 is 2.00 bits per heavy atom. The van der Waals surface area contributed by atoms with E-state index in [4.69, 9.17) is 16.3 Å². The summed E-state index contributed by atoms with van der Waals surface area (Å²) in [6.45, 7) is 3.07. The van der Waals surface area contributed by atoms with Crippen LogP contribution >= 0.6 is 11.6 Å². The molecular formula is C17H15ClFN3O2. The molecule has 1 aromatic heterocycles. The Kier molecular flexibility index (Phi) is 5.37. The van der Waals surface area contributed by atoms with Gasteiger partial charge in [-0.3, -0.25) is 4.79 Å². The molecule has 0 unspecified atom stereocenters. The lowest BCUT2D eigenvalue weighted by Crippen LogP contribution is -2.31. The number of carbonyl (C=O) groups excluding carboxylic acids is 1. The number of hydrogen-bond acceptors (Lipinski definition) is 4. The summed E-state index contributed by atoms with van der Waals surface area (Å²) in [7, 11) is 1.55. The molecule has 5 nitrogen and oxygen atoms in total. The maximum absolute atomic E-state index is 12.9. The largest absolute Gasteiger partial charge is 0.467 e. The molecule has 0 aliphatic heterocycles. The molecular weight excluding hydrogens is 333 g/mol. The first-order chi connectivity index (χ1) is 11.3. The highest BCUT2D eigenvalue weighted by Crippen LogP contribution is 2.28. The minimum Gasteiger partial charge on any atom is -0.467 e. The lowest BCUT2D eigenvalue weighted by molar-refractivity contribution is -0.120. The number of nitriles is 1. The quantitative estimate of drug-likeness (QED) is 0.850. The van der Waals surface area contributed by atoms with Crippen molar-refractivity contribution in [2.45, 2.75) is 13.8 Å². The highest BCUT2D eigenvalue weighted by molar-refractivity contribution is 6.32. The van der Waals surface area contributed by atoms with Crippen molar-refractivity contribution >= 4 is 23.2 Å². The molecule has 7 heteroatoms. The average molecular weight is 348 g/mol. The van der Waals surface area contributed by atoms with Crippen LogP contribution < -0.4 is 9.64 Å². The molecule has 2 rings (SSSR count). The molecule has 0 bridgehead atoms. The van der Waals surface area contributed by atoms with Gasteiger partial charge in [0.1, 0.15) is 17.4 Å². The number of pyridine rings is 1. The van der Waals surface area contributed by atoms with Gasteiger partial charge >= 0.3 is 0 Å². The van der Waals surface area contributed by atoms with Crippen molar-refractivity contribution in [2.75, 3.05) is 18.6 Å². The van der Waals surface area contributed by atoms with Gasteiger partial charge in [-0.15, -0.1) is 0 Å². The number of amides is 1. The van der Waals surface area contributed by atoms with Crippen LogP contribution in [0, 0.1) is 31.0 Å². The van der Waals surface area contributed by atoms with Crippen LogP contribution in [0.5, 0.6) is 5.88 Å². The van der Waals surface area contributed by atoms with E-state index in [1.165, 1.54) is 29.2 Å². The van der Waals surface area contributed by atoms with Gasteiger partial charge in [0.15, 0.2) is 6.61 Å². The lowest BCUT2D eigenvalue weighted by atomic mass is 10.1. The lowest BCUT2D eigenvalue weighted by Gasteiger charge is -2.18. The summed E-state index contributed by atoms with van der Waals surface area (Å²) in [5.41, 5.74) is 1.80. The predicted octanol–water partition coefficient (Wildman–Crippen LogP) is 3.40. The summed E-state index contributed by atoms with van der Waals surface area (Å²) < 4.78 is 18.3. The van der Waals surface area contributed by atoms with Gasteiger partial charge in [0, 0.05) is 12.7 Å². The zero-order valence-electron chi connectivity index (χ0n) is 13.4. The molecule has 0 atom stereocenters. The van der Waals surface area contributed by atoms with E-state index in [9.17, 15) is 14.4 Å².